The molecule has 0 bridgehead atoms. The smallest absolute Gasteiger partial charge is 0.279 e. The molecule has 9 heteroatoms. The number of benzene rings is 2. The molecule has 3 aromatic rings. The zero-order valence-corrected chi connectivity index (χ0v) is 18.0. The van der Waals surface area contributed by atoms with Crippen LogP contribution in [0.3, 0.4) is 0 Å². The first-order valence-corrected chi connectivity index (χ1v) is 10.9. The van der Waals surface area contributed by atoms with Crippen LogP contribution in [0.4, 0.5) is 0 Å². The van der Waals surface area contributed by atoms with Crippen molar-refractivity contribution < 1.29 is 17.9 Å². The molecule has 2 aromatic carbocycles. The summed E-state index contributed by atoms with van der Waals surface area (Å²) in [6.45, 7) is 4.27. The number of sulfonamides is 1. The summed E-state index contributed by atoms with van der Waals surface area (Å²) >= 11 is 1.37. The Morgan fingerprint density at radius 3 is 2.52 bits per heavy atom. The summed E-state index contributed by atoms with van der Waals surface area (Å²) < 4.78 is 33.6. The lowest BCUT2D eigenvalue weighted by Gasteiger charge is -2.11. The van der Waals surface area contributed by atoms with Gasteiger partial charge in [-0.3, -0.25) is 4.79 Å². The second kappa shape index (κ2) is 8.32. The molecule has 0 aliphatic rings. The summed E-state index contributed by atoms with van der Waals surface area (Å²) in [4.78, 5) is 17.6. The van der Waals surface area contributed by atoms with Crippen LogP contribution in [0.25, 0.3) is 10.2 Å². The Hall–Kier alpha value is -2.75. The van der Waals surface area contributed by atoms with Gasteiger partial charge in [-0.25, -0.2) is 12.7 Å². The first kappa shape index (κ1) is 21.0. The fourth-order valence-electron chi connectivity index (χ4n) is 2.70. The van der Waals surface area contributed by atoms with Crippen LogP contribution in [0.15, 0.2) is 65.0 Å². The zero-order valence-electron chi connectivity index (χ0n) is 16.3. The molecule has 0 atom stereocenters. The van der Waals surface area contributed by atoms with E-state index in [0.29, 0.717) is 16.9 Å². The molecule has 1 amide bonds. The van der Waals surface area contributed by atoms with Crippen LogP contribution < -0.4 is 9.54 Å². The van der Waals surface area contributed by atoms with Gasteiger partial charge in [0.05, 0.1) is 22.2 Å². The minimum atomic E-state index is -3.55. The van der Waals surface area contributed by atoms with Gasteiger partial charge in [-0.2, -0.15) is 4.99 Å². The van der Waals surface area contributed by atoms with Crippen LogP contribution >= 0.6 is 11.3 Å². The van der Waals surface area contributed by atoms with E-state index in [1.54, 1.807) is 13.2 Å². The molecule has 7 nitrogen and oxygen atoms in total. The number of aromatic nitrogens is 1. The van der Waals surface area contributed by atoms with Crippen molar-refractivity contribution in [3.63, 3.8) is 0 Å². The van der Waals surface area contributed by atoms with Crippen molar-refractivity contribution in [2.45, 2.75) is 11.4 Å². The van der Waals surface area contributed by atoms with E-state index in [4.69, 9.17) is 4.74 Å². The van der Waals surface area contributed by atoms with Crippen molar-refractivity contribution in [1.82, 2.24) is 8.87 Å². The van der Waals surface area contributed by atoms with E-state index in [2.05, 4.69) is 11.6 Å². The van der Waals surface area contributed by atoms with Crippen molar-refractivity contribution in [3.05, 3.63) is 65.5 Å². The molecule has 0 unspecified atom stereocenters. The van der Waals surface area contributed by atoms with Gasteiger partial charge in [-0.15, -0.1) is 6.58 Å². The highest BCUT2D eigenvalue weighted by Gasteiger charge is 2.17. The second-order valence-electron chi connectivity index (χ2n) is 6.35. The van der Waals surface area contributed by atoms with Gasteiger partial charge in [0.25, 0.3) is 5.91 Å². The molecule has 0 spiro atoms. The summed E-state index contributed by atoms with van der Waals surface area (Å²) in [5.41, 5.74) is 1.23. The predicted molar refractivity (Wildman–Crippen MR) is 114 cm³/mol. The summed E-state index contributed by atoms with van der Waals surface area (Å²) in [6.07, 6.45) is 1.74. The third-order valence-corrected chi connectivity index (χ3v) is 7.15. The van der Waals surface area contributed by atoms with Gasteiger partial charge >= 0.3 is 0 Å². The molecular formula is C20H21N3O4S2. The maximum Gasteiger partial charge on any atom is 0.279 e. The average molecular weight is 432 g/mol. The molecule has 0 fully saturated rings. The number of nitrogens with zero attached hydrogens (tertiary/aromatic N) is 3. The molecule has 3 rings (SSSR count). The standard InChI is InChI=1S/C20H21N3O4S2/c1-5-12-23-17-11-8-15(27-4)13-18(17)28-20(23)21-19(24)14-6-9-16(10-7-14)29(25,26)22(2)3/h5-11,13H,1,12H2,2-4H3. The molecule has 0 saturated heterocycles. The van der Waals surface area contributed by atoms with E-state index in [0.717, 1.165) is 20.3 Å². The molecule has 29 heavy (non-hydrogen) atoms. The lowest BCUT2D eigenvalue weighted by Crippen LogP contribution is -2.22. The topological polar surface area (TPSA) is 81.0 Å². The summed E-state index contributed by atoms with van der Waals surface area (Å²) in [6, 6.07) is 11.4. The Bertz CT molecular complexity index is 1240. The first-order valence-electron chi connectivity index (χ1n) is 8.68. The fourth-order valence-corrected chi connectivity index (χ4v) is 4.67. The largest absolute Gasteiger partial charge is 0.497 e. The maximum atomic E-state index is 12.7. The van der Waals surface area contributed by atoms with E-state index in [9.17, 15) is 13.2 Å². The van der Waals surface area contributed by atoms with Gasteiger partial charge in [0.15, 0.2) is 4.80 Å². The van der Waals surface area contributed by atoms with Crippen LogP contribution in [-0.4, -0.2) is 44.4 Å². The number of hydrogen-bond acceptors (Lipinski definition) is 5. The Balaban J connectivity index is 2.03. The number of rotatable bonds is 6. The fraction of sp³-hybridized carbons (Fsp3) is 0.200. The molecule has 0 saturated carbocycles. The number of fused-ring (bicyclic) bond motifs is 1. The van der Waals surface area contributed by atoms with E-state index in [-0.39, 0.29) is 4.90 Å². The number of amides is 1. The Morgan fingerprint density at radius 2 is 1.93 bits per heavy atom. The van der Waals surface area contributed by atoms with Crippen molar-refractivity contribution in [3.8, 4) is 5.75 Å². The van der Waals surface area contributed by atoms with Crippen molar-refractivity contribution >= 4 is 37.5 Å². The van der Waals surface area contributed by atoms with Crippen molar-refractivity contribution in [1.29, 1.82) is 0 Å². The van der Waals surface area contributed by atoms with Crippen LogP contribution in [0.2, 0.25) is 0 Å². The van der Waals surface area contributed by atoms with Crippen LogP contribution in [0.5, 0.6) is 5.75 Å². The van der Waals surface area contributed by atoms with Gasteiger partial charge in [0.1, 0.15) is 5.75 Å². The molecule has 1 aromatic heterocycles. The first-order chi connectivity index (χ1) is 13.8. The number of methoxy groups -OCH3 is 1. The maximum absolute atomic E-state index is 12.7. The van der Waals surface area contributed by atoms with Gasteiger partial charge in [0.2, 0.25) is 10.0 Å². The third kappa shape index (κ3) is 4.16. The summed E-state index contributed by atoms with van der Waals surface area (Å²) in [7, 11) is 0.963. The van der Waals surface area contributed by atoms with Gasteiger partial charge in [-0.05, 0) is 42.5 Å². The monoisotopic (exact) mass is 431 g/mol. The number of carbonyl (C=O) groups excluding carboxylic acids is 1. The van der Waals surface area contributed by atoms with Gasteiger partial charge in [0, 0.05) is 26.2 Å². The highest BCUT2D eigenvalue weighted by molar-refractivity contribution is 7.89. The molecule has 0 aliphatic carbocycles. The second-order valence-corrected chi connectivity index (χ2v) is 9.51. The number of ether oxygens (including phenoxy) is 1. The summed E-state index contributed by atoms with van der Waals surface area (Å²) in [5.74, 6) is 0.273. The summed E-state index contributed by atoms with van der Waals surface area (Å²) in [5, 5.41) is 0. The molecule has 0 aliphatic heterocycles. The molecule has 152 valence electrons. The van der Waals surface area contributed by atoms with Crippen LogP contribution in [-0.2, 0) is 16.6 Å². The Kier molecular flexibility index (Phi) is 6.02. The quantitative estimate of drug-likeness (QED) is 0.562. The van der Waals surface area contributed by atoms with E-state index < -0.39 is 15.9 Å². The van der Waals surface area contributed by atoms with Crippen molar-refractivity contribution in [2.75, 3.05) is 21.2 Å². The molecular weight excluding hydrogens is 410 g/mol. The molecule has 0 radical (unpaired) electrons. The van der Waals surface area contributed by atoms with Crippen LogP contribution in [0.1, 0.15) is 10.4 Å². The predicted octanol–water partition coefficient (Wildman–Crippen LogP) is 2.89. The minimum Gasteiger partial charge on any atom is -0.497 e. The lowest BCUT2D eigenvalue weighted by atomic mass is 10.2. The lowest BCUT2D eigenvalue weighted by molar-refractivity contribution is 0.0998. The molecule has 0 N–H and O–H groups in total. The van der Waals surface area contributed by atoms with Crippen LogP contribution in [0, 0.1) is 0 Å². The number of carbonyl (C=O) groups is 1. The third-order valence-electron chi connectivity index (χ3n) is 4.28. The zero-order chi connectivity index (χ0) is 21.2. The van der Waals surface area contributed by atoms with Gasteiger partial charge < -0.3 is 9.30 Å². The van der Waals surface area contributed by atoms with Crippen molar-refractivity contribution in [2.24, 2.45) is 4.99 Å². The number of thiazole rings is 1. The highest BCUT2D eigenvalue weighted by atomic mass is 32.2. The van der Waals surface area contributed by atoms with E-state index in [1.165, 1.54) is 49.7 Å². The Labute approximate surface area is 173 Å². The molecule has 1 heterocycles. The van der Waals surface area contributed by atoms with E-state index >= 15 is 0 Å². The highest BCUT2D eigenvalue weighted by Crippen LogP contribution is 2.23. The SMILES string of the molecule is C=CCn1c(=NC(=O)c2ccc(S(=O)(=O)N(C)C)cc2)sc2cc(OC)ccc21. The number of allylic oxidation sites excluding steroid dienone is 1. The Morgan fingerprint density at radius 1 is 1.24 bits per heavy atom. The number of hydrogen-bond donors (Lipinski definition) is 0. The van der Waals surface area contributed by atoms with E-state index in [1.807, 2.05) is 22.8 Å². The van der Waals surface area contributed by atoms with Gasteiger partial charge in [-0.1, -0.05) is 17.4 Å². The normalized spacial score (nSPS) is 12.5. The average Bonchev–Trinajstić information content (AvgIpc) is 3.04. The minimum absolute atomic E-state index is 0.120.